The minimum Gasteiger partial charge on any atom is -0.494 e. The lowest BCUT2D eigenvalue weighted by Crippen LogP contribution is -2.27. The van der Waals surface area contributed by atoms with Gasteiger partial charge in [0.05, 0.1) is 13.2 Å². The number of ether oxygens (including phenoxy) is 2. The summed E-state index contributed by atoms with van der Waals surface area (Å²) in [5.74, 6) is 1.39. The molecule has 1 rings (SSSR count). The first-order valence-corrected chi connectivity index (χ1v) is 7.64. The monoisotopic (exact) mass is 293 g/mol. The van der Waals surface area contributed by atoms with Crippen molar-refractivity contribution in [2.45, 2.75) is 34.1 Å². The average Bonchev–Trinajstić information content (AvgIpc) is 2.44. The Hall–Kier alpha value is -1.55. The number of aryl methyl sites for hydroxylation is 1. The molecule has 0 bridgehead atoms. The fourth-order valence-corrected chi connectivity index (χ4v) is 1.87. The molecule has 0 heterocycles. The Morgan fingerprint density at radius 2 is 2.05 bits per heavy atom. The van der Waals surface area contributed by atoms with Crippen molar-refractivity contribution >= 4 is 5.91 Å². The molecule has 4 nitrogen and oxygen atoms in total. The van der Waals surface area contributed by atoms with Crippen molar-refractivity contribution in [1.29, 1.82) is 0 Å². The summed E-state index contributed by atoms with van der Waals surface area (Å²) in [4.78, 5) is 12.0. The van der Waals surface area contributed by atoms with Crippen LogP contribution in [0.2, 0.25) is 0 Å². The predicted molar refractivity (Wildman–Crippen MR) is 85.0 cm³/mol. The lowest BCUT2D eigenvalue weighted by Gasteiger charge is -2.10. The van der Waals surface area contributed by atoms with E-state index >= 15 is 0 Å². The van der Waals surface area contributed by atoms with Crippen LogP contribution in [0.1, 0.15) is 43.1 Å². The zero-order valence-electron chi connectivity index (χ0n) is 13.6. The molecule has 0 aliphatic rings. The van der Waals surface area contributed by atoms with Crippen LogP contribution >= 0.6 is 0 Å². The van der Waals surface area contributed by atoms with Crippen molar-refractivity contribution < 1.29 is 14.3 Å². The molecule has 0 spiro atoms. The standard InChI is InChI=1S/C17H27NO3/c1-5-21-16-7-6-15(12-14(16)4)17(19)18-9-11-20-10-8-13(2)3/h6-7,12-13H,5,8-11H2,1-4H3,(H,18,19). The highest BCUT2D eigenvalue weighted by Gasteiger charge is 2.07. The SMILES string of the molecule is CCOc1ccc(C(=O)NCCOCCC(C)C)cc1C. The summed E-state index contributed by atoms with van der Waals surface area (Å²) in [6.45, 7) is 10.7. The molecular weight excluding hydrogens is 266 g/mol. The van der Waals surface area contributed by atoms with Gasteiger partial charge in [0.2, 0.25) is 0 Å². The van der Waals surface area contributed by atoms with Gasteiger partial charge in [-0.1, -0.05) is 13.8 Å². The van der Waals surface area contributed by atoms with Gasteiger partial charge in [-0.05, 0) is 49.9 Å². The second-order valence-corrected chi connectivity index (χ2v) is 5.46. The summed E-state index contributed by atoms with van der Waals surface area (Å²) < 4.78 is 10.9. The van der Waals surface area contributed by atoms with E-state index in [4.69, 9.17) is 9.47 Å². The van der Waals surface area contributed by atoms with Gasteiger partial charge in [0.25, 0.3) is 5.91 Å². The molecule has 0 saturated heterocycles. The van der Waals surface area contributed by atoms with Crippen molar-refractivity contribution in [3.05, 3.63) is 29.3 Å². The van der Waals surface area contributed by atoms with Crippen LogP contribution in [0.15, 0.2) is 18.2 Å². The minimum absolute atomic E-state index is 0.0754. The molecule has 1 amide bonds. The van der Waals surface area contributed by atoms with Gasteiger partial charge in [-0.15, -0.1) is 0 Å². The highest BCUT2D eigenvalue weighted by atomic mass is 16.5. The number of nitrogens with one attached hydrogen (secondary N) is 1. The van der Waals surface area contributed by atoms with E-state index in [1.165, 1.54) is 0 Å². The smallest absolute Gasteiger partial charge is 0.251 e. The Bertz CT molecular complexity index is 444. The predicted octanol–water partition coefficient (Wildman–Crippen LogP) is 3.19. The number of hydrogen-bond acceptors (Lipinski definition) is 3. The quantitative estimate of drug-likeness (QED) is 0.711. The van der Waals surface area contributed by atoms with Gasteiger partial charge in [0.15, 0.2) is 0 Å². The summed E-state index contributed by atoms with van der Waals surface area (Å²) in [6, 6.07) is 5.47. The van der Waals surface area contributed by atoms with Crippen LogP contribution in [-0.4, -0.2) is 32.3 Å². The molecule has 0 atom stereocenters. The maximum atomic E-state index is 12.0. The molecule has 1 N–H and O–H groups in total. The zero-order valence-corrected chi connectivity index (χ0v) is 13.6. The van der Waals surface area contributed by atoms with E-state index in [0.29, 0.717) is 31.2 Å². The third-order valence-electron chi connectivity index (χ3n) is 3.11. The third-order valence-corrected chi connectivity index (χ3v) is 3.11. The van der Waals surface area contributed by atoms with Crippen molar-refractivity contribution in [2.75, 3.05) is 26.4 Å². The molecule has 0 aromatic heterocycles. The molecule has 1 aromatic rings. The van der Waals surface area contributed by atoms with Crippen molar-refractivity contribution in [3.8, 4) is 5.75 Å². The van der Waals surface area contributed by atoms with Crippen LogP contribution in [0.5, 0.6) is 5.75 Å². The largest absolute Gasteiger partial charge is 0.494 e. The van der Waals surface area contributed by atoms with E-state index in [1.807, 2.05) is 26.0 Å². The number of benzene rings is 1. The Balaban J connectivity index is 2.33. The van der Waals surface area contributed by atoms with E-state index in [2.05, 4.69) is 19.2 Å². The molecular formula is C17H27NO3. The van der Waals surface area contributed by atoms with E-state index in [0.717, 1.165) is 24.3 Å². The molecule has 0 aliphatic carbocycles. The Morgan fingerprint density at radius 1 is 1.29 bits per heavy atom. The van der Waals surface area contributed by atoms with Gasteiger partial charge in [-0.2, -0.15) is 0 Å². The van der Waals surface area contributed by atoms with Crippen LogP contribution in [0, 0.1) is 12.8 Å². The summed E-state index contributed by atoms with van der Waals surface area (Å²) in [5.41, 5.74) is 1.62. The van der Waals surface area contributed by atoms with Gasteiger partial charge in [-0.3, -0.25) is 4.79 Å². The van der Waals surface area contributed by atoms with Crippen LogP contribution in [0.4, 0.5) is 0 Å². The van der Waals surface area contributed by atoms with Crippen LogP contribution in [-0.2, 0) is 4.74 Å². The zero-order chi connectivity index (χ0) is 15.7. The molecule has 0 radical (unpaired) electrons. The molecule has 21 heavy (non-hydrogen) atoms. The molecule has 4 heteroatoms. The van der Waals surface area contributed by atoms with Gasteiger partial charge < -0.3 is 14.8 Å². The summed E-state index contributed by atoms with van der Waals surface area (Å²) in [5, 5.41) is 2.86. The van der Waals surface area contributed by atoms with Crippen molar-refractivity contribution in [2.24, 2.45) is 5.92 Å². The second kappa shape index (κ2) is 9.40. The topological polar surface area (TPSA) is 47.6 Å². The number of amides is 1. The average molecular weight is 293 g/mol. The van der Waals surface area contributed by atoms with Gasteiger partial charge in [0, 0.05) is 18.7 Å². The molecule has 0 saturated carbocycles. The molecule has 118 valence electrons. The Kier molecular flexibility index (Phi) is 7.83. The maximum absolute atomic E-state index is 12.0. The minimum atomic E-state index is -0.0754. The Labute approximate surface area is 127 Å². The van der Waals surface area contributed by atoms with E-state index in [9.17, 15) is 4.79 Å². The van der Waals surface area contributed by atoms with Crippen LogP contribution < -0.4 is 10.1 Å². The first kappa shape index (κ1) is 17.5. The first-order valence-electron chi connectivity index (χ1n) is 7.64. The molecule has 0 aliphatic heterocycles. The normalized spacial score (nSPS) is 10.7. The lowest BCUT2D eigenvalue weighted by atomic mass is 10.1. The van der Waals surface area contributed by atoms with E-state index in [-0.39, 0.29) is 5.91 Å². The highest BCUT2D eigenvalue weighted by Crippen LogP contribution is 2.18. The van der Waals surface area contributed by atoms with Gasteiger partial charge >= 0.3 is 0 Å². The van der Waals surface area contributed by atoms with Crippen LogP contribution in [0.3, 0.4) is 0 Å². The fraction of sp³-hybridized carbons (Fsp3) is 0.588. The maximum Gasteiger partial charge on any atom is 0.251 e. The van der Waals surface area contributed by atoms with Gasteiger partial charge in [0.1, 0.15) is 5.75 Å². The highest BCUT2D eigenvalue weighted by molar-refractivity contribution is 5.94. The summed E-state index contributed by atoms with van der Waals surface area (Å²) in [6.07, 6.45) is 1.05. The van der Waals surface area contributed by atoms with Crippen molar-refractivity contribution in [1.82, 2.24) is 5.32 Å². The number of carbonyl (C=O) groups is 1. The second-order valence-electron chi connectivity index (χ2n) is 5.46. The third kappa shape index (κ3) is 6.63. The molecule has 0 fully saturated rings. The van der Waals surface area contributed by atoms with Gasteiger partial charge in [-0.25, -0.2) is 0 Å². The van der Waals surface area contributed by atoms with Crippen LogP contribution in [0.25, 0.3) is 0 Å². The van der Waals surface area contributed by atoms with E-state index < -0.39 is 0 Å². The summed E-state index contributed by atoms with van der Waals surface area (Å²) in [7, 11) is 0. The molecule has 1 aromatic carbocycles. The van der Waals surface area contributed by atoms with Crippen molar-refractivity contribution in [3.63, 3.8) is 0 Å². The number of rotatable bonds is 9. The fourth-order valence-electron chi connectivity index (χ4n) is 1.87. The Morgan fingerprint density at radius 3 is 2.67 bits per heavy atom. The van der Waals surface area contributed by atoms with E-state index in [1.54, 1.807) is 6.07 Å². The lowest BCUT2D eigenvalue weighted by molar-refractivity contribution is 0.0905. The summed E-state index contributed by atoms with van der Waals surface area (Å²) >= 11 is 0. The first-order chi connectivity index (χ1) is 10.0. The number of carbonyl (C=O) groups excluding carboxylic acids is 1. The number of hydrogen-bond donors (Lipinski definition) is 1. The molecule has 0 unspecified atom stereocenters.